The average molecular weight is 325 g/mol. The lowest BCUT2D eigenvalue weighted by Crippen LogP contribution is -2.35. The molecule has 1 fully saturated rings. The zero-order valence-corrected chi connectivity index (χ0v) is 13.5. The number of nitrogens with one attached hydrogen (secondary N) is 1. The van der Waals surface area contributed by atoms with Gasteiger partial charge >= 0.3 is 0 Å². The number of hydrogen-bond donors (Lipinski definition) is 1. The molecule has 4 nitrogen and oxygen atoms in total. The molecule has 2 aromatic carbocycles. The molecule has 1 N–H and O–H groups in total. The van der Waals surface area contributed by atoms with Crippen molar-refractivity contribution >= 4 is 5.69 Å². The summed E-state index contributed by atoms with van der Waals surface area (Å²) in [6.07, 6.45) is 0. The first-order valence-electron chi connectivity index (χ1n) is 8.07. The molecule has 1 aliphatic rings. The van der Waals surface area contributed by atoms with Gasteiger partial charge in [-0.25, -0.2) is 4.39 Å². The topological polar surface area (TPSA) is 48.3 Å². The van der Waals surface area contributed by atoms with E-state index in [9.17, 15) is 4.39 Å². The molecule has 124 valence electrons. The first kappa shape index (κ1) is 16.4. The fourth-order valence-electron chi connectivity index (χ4n) is 2.86. The van der Waals surface area contributed by atoms with Gasteiger partial charge in [0.2, 0.25) is 0 Å². The van der Waals surface area contributed by atoms with Crippen LogP contribution in [0.5, 0.6) is 0 Å². The molecule has 0 atom stereocenters. The number of nitrogens with zero attached hydrogens (tertiary/aromatic N) is 2. The molecule has 3 rings (SSSR count). The zero-order chi connectivity index (χ0) is 16.8. The Morgan fingerprint density at radius 2 is 1.83 bits per heavy atom. The molecule has 24 heavy (non-hydrogen) atoms. The maximum Gasteiger partial charge on any atom is 0.143 e. The Bertz CT molecular complexity index is 736. The molecular formula is C19H20FN3O. The first-order chi connectivity index (χ1) is 11.8. The van der Waals surface area contributed by atoms with Crippen molar-refractivity contribution in [3.8, 4) is 6.07 Å². The summed E-state index contributed by atoms with van der Waals surface area (Å²) >= 11 is 0. The highest BCUT2D eigenvalue weighted by molar-refractivity contribution is 5.58. The van der Waals surface area contributed by atoms with Gasteiger partial charge in [0.25, 0.3) is 0 Å². The number of morpholine rings is 1. The van der Waals surface area contributed by atoms with Gasteiger partial charge in [0.1, 0.15) is 17.4 Å². The van der Waals surface area contributed by atoms with Crippen LogP contribution in [0.25, 0.3) is 0 Å². The van der Waals surface area contributed by atoms with Crippen molar-refractivity contribution in [2.24, 2.45) is 0 Å². The second-order valence-electron chi connectivity index (χ2n) is 5.78. The van der Waals surface area contributed by atoms with E-state index < -0.39 is 5.82 Å². The lowest BCUT2D eigenvalue weighted by Gasteiger charge is -2.27. The molecule has 0 saturated carbocycles. The van der Waals surface area contributed by atoms with E-state index in [2.05, 4.69) is 22.3 Å². The van der Waals surface area contributed by atoms with Gasteiger partial charge in [-0.2, -0.15) is 5.26 Å². The highest BCUT2D eigenvalue weighted by atomic mass is 19.1. The molecule has 0 spiro atoms. The first-order valence-corrected chi connectivity index (χ1v) is 8.07. The van der Waals surface area contributed by atoms with Crippen LogP contribution in [0.1, 0.15) is 16.7 Å². The maximum atomic E-state index is 13.7. The number of ether oxygens (including phenoxy) is 1. The largest absolute Gasteiger partial charge is 0.380 e. The highest BCUT2D eigenvalue weighted by Crippen LogP contribution is 2.20. The molecule has 5 heteroatoms. The van der Waals surface area contributed by atoms with Crippen LogP contribution in [-0.4, -0.2) is 31.2 Å². The Morgan fingerprint density at radius 3 is 2.58 bits per heavy atom. The van der Waals surface area contributed by atoms with Crippen LogP contribution in [0.2, 0.25) is 0 Å². The predicted octanol–water partition coefficient (Wildman–Crippen LogP) is 3.14. The molecule has 1 heterocycles. The van der Waals surface area contributed by atoms with Gasteiger partial charge in [-0.15, -0.1) is 0 Å². The standard InChI is InChI=1S/C19H20FN3O/c20-18-6-3-7-19(17(18)12-21)22-13-15-4-1-2-5-16(15)14-23-8-10-24-11-9-23/h1-7,22H,8-11,13-14H2. The Hall–Kier alpha value is -2.42. The lowest BCUT2D eigenvalue weighted by atomic mass is 10.1. The fourth-order valence-corrected chi connectivity index (χ4v) is 2.86. The van der Waals surface area contributed by atoms with Crippen molar-refractivity contribution < 1.29 is 9.13 Å². The summed E-state index contributed by atoms with van der Waals surface area (Å²) in [6, 6.07) is 14.8. The Labute approximate surface area is 141 Å². The normalized spacial score (nSPS) is 15.0. The third-order valence-electron chi connectivity index (χ3n) is 4.21. The van der Waals surface area contributed by atoms with Crippen LogP contribution in [0.15, 0.2) is 42.5 Å². The van der Waals surface area contributed by atoms with Crippen LogP contribution < -0.4 is 5.32 Å². The average Bonchev–Trinajstić information content (AvgIpc) is 2.62. The number of hydrogen-bond acceptors (Lipinski definition) is 4. The minimum atomic E-state index is -0.496. The Morgan fingerprint density at radius 1 is 1.08 bits per heavy atom. The number of benzene rings is 2. The summed E-state index contributed by atoms with van der Waals surface area (Å²) in [5, 5.41) is 12.3. The van der Waals surface area contributed by atoms with E-state index >= 15 is 0 Å². The highest BCUT2D eigenvalue weighted by Gasteiger charge is 2.13. The Balaban J connectivity index is 1.72. The van der Waals surface area contributed by atoms with Crippen molar-refractivity contribution in [3.63, 3.8) is 0 Å². The molecule has 0 bridgehead atoms. The molecule has 0 aromatic heterocycles. The van der Waals surface area contributed by atoms with E-state index in [4.69, 9.17) is 10.00 Å². The molecule has 1 saturated heterocycles. The molecule has 1 aliphatic heterocycles. The molecule has 0 radical (unpaired) electrons. The minimum Gasteiger partial charge on any atom is -0.380 e. The zero-order valence-electron chi connectivity index (χ0n) is 13.5. The van der Waals surface area contributed by atoms with E-state index in [1.54, 1.807) is 12.1 Å². The van der Waals surface area contributed by atoms with Crippen LogP contribution >= 0.6 is 0 Å². The maximum absolute atomic E-state index is 13.7. The second-order valence-corrected chi connectivity index (χ2v) is 5.78. The third kappa shape index (κ3) is 3.91. The van der Waals surface area contributed by atoms with Crippen molar-refractivity contribution in [1.82, 2.24) is 4.90 Å². The number of anilines is 1. The summed E-state index contributed by atoms with van der Waals surface area (Å²) < 4.78 is 19.1. The van der Waals surface area contributed by atoms with E-state index in [0.717, 1.165) is 38.4 Å². The van der Waals surface area contributed by atoms with Gasteiger partial charge in [0.05, 0.1) is 18.9 Å². The monoisotopic (exact) mass is 325 g/mol. The minimum absolute atomic E-state index is 0.0585. The van der Waals surface area contributed by atoms with E-state index in [1.807, 2.05) is 18.2 Å². The number of rotatable bonds is 5. The van der Waals surface area contributed by atoms with Gasteiger partial charge in [-0.3, -0.25) is 4.90 Å². The number of halogens is 1. The number of nitriles is 1. The molecule has 0 unspecified atom stereocenters. The smallest absolute Gasteiger partial charge is 0.143 e. The molecule has 0 amide bonds. The fraction of sp³-hybridized carbons (Fsp3) is 0.316. The summed E-state index contributed by atoms with van der Waals surface area (Å²) in [7, 11) is 0. The second kappa shape index (κ2) is 7.91. The van der Waals surface area contributed by atoms with Crippen molar-refractivity contribution in [2.75, 3.05) is 31.6 Å². The lowest BCUT2D eigenvalue weighted by molar-refractivity contribution is 0.0341. The van der Waals surface area contributed by atoms with Crippen molar-refractivity contribution in [2.45, 2.75) is 13.1 Å². The van der Waals surface area contributed by atoms with Crippen LogP contribution in [0.4, 0.5) is 10.1 Å². The van der Waals surface area contributed by atoms with Gasteiger partial charge in [-0.05, 0) is 23.3 Å². The molecular weight excluding hydrogens is 305 g/mol. The van der Waals surface area contributed by atoms with Crippen LogP contribution in [0.3, 0.4) is 0 Å². The van der Waals surface area contributed by atoms with E-state index in [-0.39, 0.29) is 5.56 Å². The quantitative estimate of drug-likeness (QED) is 0.917. The molecule has 0 aliphatic carbocycles. The predicted molar refractivity (Wildman–Crippen MR) is 91.0 cm³/mol. The summed E-state index contributed by atoms with van der Waals surface area (Å²) in [5.41, 5.74) is 2.97. The third-order valence-corrected chi connectivity index (χ3v) is 4.21. The van der Waals surface area contributed by atoms with Gasteiger partial charge in [0.15, 0.2) is 0 Å². The van der Waals surface area contributed by atoms with Gasteiger partial charge in [0, 0.05) is 26.2 Å². The van der Waals surface area contributed by atoms with Gasteiger partial charge in [-0.1, -0.05) is 30.3 Å². The Kier molecular flexibility index (Phi) is 5.42. The SMILES string of the molecule is N#Cc1c(F)cccc1NCc1ccccc1CN1CCOCC1. The van der Waals surface area contributed by atoms with Crippen molar-refractivity contribution in [1.29, 1.82) is 5.26 Å². The summed E-state index contributed by atoms with van der Waals surface area (Å²) in [4.78, 5) is 2.37. The van der Waals surface area contributed by atoms with Crippen molar-refractivity contribution in [3.05, 3.63) is 65.0 Å². The molecule has 2 aromatic rings. The summed E-state index contributed by atoms with van der Waals surface area (Å²) in [5.74, 6) is -0.496. The van der Waals surface area contributed by atoms with Gasteiger partial charge < -0.3 is 10.1 Å². The van der Waals surface area contributed by atoms with E-state index in [0.29, 0.717) is 12.2 Å². The van der Waals surface area contributed by atoms with Crippen LogP contribution in [-0.2, 0) is 17.8 Å². The van der Waals surface area contributed by atoms with E-state index in [1.165, 1.54) is 11.6 Å². The van der Waals surface area contributed by atoms with Crippen LogP contribution in [0, 0.1) is 17.1 Å². The summed E-state index contributed by atoms with van der Waals surface area (Å²) in [6.45, 7) is 4.84.